The van der Waals surface area contributed by atoms with Gasteiger partial charge in [-0.1, -0.05) is 12.1 Å². The van der Waals surface area contributed by atoms with Gasteiger partial charge in [0.2, 0.25) is 0 Å². The van der Waals surface area contributed by atoms with Crippen molar-refractivity contribution < 1.29 is 19.1 Å². The molecule has 5 heteroatoms. The highest BCUT2D eigenvalue weighted by atomic mass is 19.1. The van der Waals surface area contributed by atoms with Crippen molar-refractivity contribution in [1.29, 1.82) is 0 Å². The summed E-state index contributed by atoms with van der Waals surface area (Å²) in [6, 6.07) is 4.98. The molecule has 0 bridgehead atoms. The van der Waals surface area contributed by atoms with Crippen LogP contribution in [-0.4, -0.2) is 27.9 Å². The average molecular weight is 267 g/mol. The first kappa shape index (κ1) is 15.1. The van der Waals surface area contributed by atoms with Gasteiger partial charge in [0.05, 0.1) is 6.04 Å². The van der Waals surface area contributed by atoms with E-state index in [2.05, 4.69) is 0 Å². The molecule has 0 aliphatic carbocycles. The van der Waals surface area contributed by atoms with E-state index in [1.54, 1.807) is 26.8 Å². The Kier molecular flexibility index (Phi) is 4.64. The third-order valence-electron chi connectivity index (χ3n) is 2.79. The van der Waals surface area contributed by atoms with E-state index in [-0.39, 0.29) is 6.42 Å². The number of carboxylic acid groups (broad SMARTS) is 1. The third kappa shape index (κ3) is 3.77. The Bertz CT molecular complexity index is 468. The Balaban J connectivity index is 3.25. The number of nitrogens with zero attached hydrogens (tertiary/aromatic N) is 1. The van der Waals surface area contributed by atoms with E-state index in [4.69, 9.17) is 0 Å². The van der Waals surface area contributed by atoms with Gasteiger partial charge in [0.1, 0.15) is 12.1 Å². The topological polar surface area (TPSA) is 57.6 Å². The van der Waals surface area contributed by atoms with Crippen molar-refractivity contribution in [2.75, 3.05) is 0 Å². The van der Waals surface area contributed by atoms with Gasteiger partial charge in [-0.05, 0) is 38.5 Å². The van der Waals surface area contributed by atoms with Crippen LogP contribution in [0.3, 0.4) is 0 Å². The average Bonchev–Trinajstić information content (AvgIpc) is 2.26. The highest BCUT2D eigenvalue weighted by Gasteiger charge is 2.34. The second kappa shape index (κ2) is 5.82. The van der Waals surface area contributed by atoms with Gasteiger partial charge in [0.25, 0.3) is 0 Å². The second-order valence-electron chi connectivity index (χ2n) is 5.30. The molecular weight excluding hydrogens is 249 g/mol. The molecule has 0 aromatic heterocycles. The van der Waals surface area contributed by atoms with Crippen LogP contribution in [0.1, 0.15) is 38.8 Å². The molecule has 0 aliphatic rings. The fourth-order valence-electron chi connectivity index (χ4n) is 2.08. The predicted molar refractivity (Wildman–Crippen MR) is 69.4 cm³/mol. The quantitative estimate of drug-likeness (QED) is 0.852. The summed E-state index contributed by atoms with van der Waals surface area (Å²) in [4.78, 5) is 23.4. The highest BCUT2D eigenvalue weighted by Crippen LogP contribution is 2.30. The zero-order valence-corrected chi connectivity index (χ0v) is 11.3. The van der Waals surface area contributed by atoms with Crippen LogP contribution in [0.4, 0.5) is 9.18 Å². The molecule has 19 heavy (non-hydrogen) atoms. The monoisotopic (exact) mass is 267 g/mol. The minimum Gasteiger partial charge on any atom is -0.465 e. The number of hydrogen-bond acceptors (Lipinski definition) is 2. The summed E-state index contributed by atoms with van der Waals surface area (Å²) >= 11 is 0. The summed E-state index contributed by atoms with van der Waals surface area (Å²) in [6.07, 6.45) is -0.492. The molecule has 0 aliphatic heterocycles. The minimum absolute atomic E-state index is 0.00692. The lowest BCUT2D eigenvalue weighted by Gasteiger charge is -2.39. The molecule has 0 spiro atoms. The van der Waals surface area contributed by atoms with Crippen LogP contribution in [0.2, 0.25) is 0 Å². The fraction of sp³-hybridized carbons (Fsp3) is 0.429. The SMILES string of the molecule is CC(C)(C)N(C(=O)O)C(CC=O)c1cccc(F)c1. The van der Waals surface area contributed by atoms with Gasteiger partial charge in [0.15, 0.2) is 0 Å². The number of benzene rings is 1. The Hall–Kier alpha value is -1.91. The standard InChI is InChI=1S/C14H18FNO3/c1-14(2,3)16(13(18)19)12(7-8-17)10-5-4-6-11(15)9-10/h4-6,8-9,12H,7H2,1-3H3,(H,18,19). The molecule has 0 fully saturated rings. The number of amides is 1. The van der Waals surface area contributed by atoms with Crippen LogP contribution < -0.4 is 0 Å². The zero-order chi connectivity index (χ0) is 14.6. The highest BCUT2D eigenvalue weighted by molar-refractivity contribution is 5.68. The number of carbonyl (C=O) groups excluding carboxylic acids is 1. The van der Waals surface area contributed by atoms with Crippen molar-refractivity contribution >= 4 is 12.4 Å². The number of halogens is 1. The van der Waals surface area contributed by atoms with Crippen molar-refractivity contribution in [3.8, 4) is 0 Å². The molecule has 0 heterocycles. The Morgan fingerprint density at radius 3 is 2.53 bits per heavy atom. The van der Waals surface area contributed by atoms with Gasteiger partial charge in [-0.3, -0.25) is 4.90 Å². The lowest BCUT2D eigenvalue weighted by molar-refractivity contribution is -0.109. The molecule has 1 aromatic rings. The molecule has 1 unspecified atom stereocenters. The molecule has 1 amide bonds. The van der Waals surface area contributed by atoms with Crippen molar-refractivity contribution in [2.45, 2.75) is 38.8 Å². The van der Waals surface area contributed by atoms with Crippen molar-refractivity contribution in [3.63, 3.8) is 0 Å². The third-order valence-corrected chi connectivity index (χ3v) is 2.79. The van der Waals surface area contributed by atoms with E-state index in [0.717, 1.165) is 0 Å². The maximum absolute atomic E-state index is 13.3. The van der Waals surface area contributed by atoms with E-state index in [9.17, 15) is 19.1 Å². The van der Waals surface area contributed by atoms with Gasteiger partial charge >= 0.3 is 6.09 Å². The smallest absolute Gasteiger partial charge is 0.408 e. The molecule has 1 aromatic carbocycles. The first-order chi connectivity index (χ1) is 8.77. The lowest BCUT2D eigenvalue weighted by Crippen LogP contribution is -2.47. The summed E-state index contributed by atoms with van der Waals surface area (Å²) in [5.74, 6) is -0.451. The molecule has 0 saturated carbocycles. The number of carbonyl (C=O) groups is 2. The second-order valence-corrected chi connectivity index (χ2v) is 5.30. The maximum Gasteiger partial charge on any atom is 0.408 e. The fourth-order valence-corrected chi connectivity index (χ4v) is 2.08. The first-order valence-corrected chi connectivity index (χ1v) is 5.98. The van der Waals surface area contributed by atoms with Gasteiger partial charge < -0.3 is 9.90 Å². The molecule has 0 saturated heterocycles. The Morgan fingerprint density at radius 1 is 1.47 bits per heavy atom. The van der Waals surface area contributed by atoms with Crippen LogP contribution in [0, 0.1) is 5.82 Å². The van der Waals surface area contributed by atoms with Gasteiger partial charge in [-0.25, -0.2) is 9.18 Å². The van der Waals surface area contributed by atoms with Crippen LogP contribution >= 0.6 is 0 Å². The molecular formula is C14H18FNO3. The first-order valence-electron chi connectivity index (χ1n) is 5.98. The number of rotatable bonds is 4. The van der Waals surface area contributed by atoms with E-state index in [0.29, 0.717) is 11.8 Å². The van der Waals surface area contributed by atoms with E-state index in [1.165, 1.54) is 23.1 Å². The molecule has 1 atom stereocenters. The molecule has 104 valence electrons. The molecule has 0 radical (unpaired) electrons. The normalized spacial score (nSPS) is 12.8. The Labute approximate surface area is 111 Å². The van der Waals surface area contributed by atoms with E-state index >= 15 is 0 Å². The van der Waals surface area contributed by atoms with Gasteiger partial charge in [-0.2, -0.15) is 0 Å². The largest absolute Gasteiger partial charge is 0.465 e. The lowest BCUT2D eigenvalue weighted by atomic mass is 9.96. The Morgan fingerprint density at radius 2 is 2.11 bits per heavy atom. The molecule has 1 N–H and O–H groups in total. The maximum atomic E-state index is 13.3. The van der Waals surface area contributed by atoms with Gasteiger partial charge in [0, 0.05) is 12.0 Å². The van der Waals surface area contributed by atoms with Crippen LogP contribution in [0.25, 0.3) is 0 Å². The van der Waals surface area contributed by atoms with Crippen molar-refractivity contribution in [3.05, 3.63) is 35.6 Å². The van der Waals surface area contributed by atoms with E-state index in [1.807, 2.05) is 0 Å². The number of aldehydes is 1. The van der Waals surface area contributed by atoms with Crippen LogP contribution in [-0.2, 0) is 4.79 Å². The predicted octanol–water partition coefficient (Wildman–Crippen LogP) is 3.23. The van der Waals surface area contributed by atoms with E-state index < -0.39 is 23.5 Å². The van der Waals surface area contributed by atoms with Crippen molar-refractivity contribution in [1.82, 2.24) is 4.90 Å². The summed E-state index contributed by atoms with van der Waals surface area (Å²) < 4.78 is 13.3. The molecule has 4 nitrogen and oxygen atoms in total. The van der Waals surface area contributed by atoms with Crippen LogP contribution in [0.5, 0.6) is 0 Å². The zero-order valence-electron chi connectivity index (χ0n) is 11.3. The van der Waals surface area contributed by atoms with Crippen LogP contribution in [0.15, 0.2) is 24.3 Å². The summed E-state index contributed by atoms with van der Waals surface area (Å²) in [6.45, 7) is 5.20. The van der Waals surface area contributed by atoms with Gasteiger partial charge in [-0.15, -0.1) is 0 Å². The summed E-state index contributed by atoms with van der Waals surface area (Å²) in [5.41, 5.74) is -0.212. The van der Waals surface area contributed by atoms with Crippen molar-refractivity contribution in [2.24, 2.45) is 0 Å². The molecule has 1 rings (SSSR count). The summed E-state index contributed by atoms with van der Waals surface area (Å²) in [5, 5.41) is 9.35. The summed E-state index contributed by atoms with van der Waals surface area (Å²) in [7, 11) is 0. The number of hydrogen-bond donors (Lipinski definition) is 1. The minimum atomic E-state index is -1.14.